The number of anilines is 1. The van der Waals surface area contributed by atoms with E-state index in [9.17, 15) is 13.2 Å². The minimum atomic E-state index is -3.84. The van der Waals surface area contributed by atoms with Crippen molar-refractivity contribution in [2.24, 2.45) is 4.99 Å². The van der Waals surface area contributed by atoms with Crippen molar-refractivity contribution < 1.29 is 13.2 Å². The van der Waals surface area contributed by atoms with Crippen molar-refractivity contribution in [2.45, 2.75) is 25.7 Å². The van der Waals surface area contributed by atoms with Crippen LogP contribution in [0.25, 0.3) is 5.69 Å². The number of methoxy groups -OCH3 is 1. The zero-order valence-electron chi connectivity index (χ0n) is 20.2. The van der Waals surface area contributed by atoms with Gasteiger partial charge in [-0.1, -0.05) is 35.4 Å². The summed E-state index contributed by atoms with van der Waals surface area (Å²) in [6, 6.07) is 16.7. The monoisotopic (exact) mass is 524 g/mol. The zero-order chi connectivity index (χ0) is 26.0. The molecule has 3 aromatic carbocycles. The summed E-state index contributed by atoms with van der Waals surface area (Å²) in [5.74, 6) is 0.247. The van der Waals surface area contributed by atoms with Gasteiger partial charge in [0.15, 0.2) is 0 Å². The van der Waals surface area contributed by atoms with Gasteiger partial charge >= 0.3 is 0 Å². The zero-order valence-corrected chi connectivity index (χ0v) is 21.7. The Morgan fingerprint density at radius 3 is 2.42 bits per heavy atom. The predicted octanol–water partition coefficient (Wildman–Crippen LogP) is 5.30. The van der Waals surface area contributed by atoms with Gasteiger partial charge < -0.3 is 4.74 Å². The van der Waals surface area contributed by atoms with E-state index in [1.54, 1.807) is 31.2 Å². The molecule has 0 unspecified atom stereocenters. The average Bonchev–Trinajstić information content (AvgIpc) is 3.13. The second-order valence-electron chi connectivity index (χ2n) is 8.29. The van der Waals surface area contributed by atoms with E-state index in [1.165, 1.54) is 36.2 Å². The fraction of sp³-hybridized carbons (Fsp3) is 0.154. The van der Waals surface area contributed by atoms with Crippen LogP contribution in [0.3, 0.4) is 0 Å². The maximum absolute atomic E-state index is 13.0. The topological polar surface area (TPSA) is 106 Å². The highest BCUT2D eigenvalue weighted by Gasteiger charge is 2.17. The van der Waals surface area contributed by atoms with E-state index in [0.29, 0.717) is 33.3 Å². The van der Waals surface area contributed by atoms with Crippen LogP contribution in [0.1, 0.15) is 22.4 Å². The molecule has 0 radical (unpaired) electrons. The normalized spacial score (nSPS) is 11.7. The molecule has 0 bridgehead atoms. The Hall–Kier alpha value is -3.82. The first kappa shape index (κ1) is 25.3. The molecular formula is C26H25ClN4O4S. The molecule has 0 amide bonds. The number of rotatable bonds is 7. The first-order valence-electron chi connectivity index (χ1n) is 11.0. The first-order valence-corrected chi connectivity index (χ1v) is 12.8. The smallest absolute Gasteiger partial charge is 0.280 e. The van der Waals surface area contributed by atoms with Crippen molar-refractivity contribution in [3.05, 3.63) is 98.4 Å². The number of halogens is 1. The van der Waals surface area contributed by atoms with Crippen LogP contribution in [0.15, 0.2) is 75.3 Å². The lowest BCUT2D eigenvalue weighted by Gasteiger charge is -2.11. The van der Waals surface area contributed by atoms with Gasteiger partial charge in [0, 0.05) is 28.7 Å². The number of sulfonamides is 1. The molecule has 1 heterocycles. The fourth-order valence-corrected chi connectivity index (χ4v) is 4.76. The largest absolute Gasteiger partial charge is 0.494 e. The van der Waals surface area contributed by atoms with Crippen molar-refractivity contribution in [1.82, 2.24) is 9.78 Å². The molecule has 0 fully saturated rings. The number of aliphatic imine (C=N–C) groups is 1. The summed E-state index contributed by atoms with van der Waals surface area (Å²) in [6.07, 6.45) is 1.43. The summed E-state index contributed by atoms with van der Waals surface area (Å²) in [4.78, 5) is 17.4. The summed E-state index contributed by atoms with van der Waals surface area (Å²) in [7, 11) is -2.42. The third-order valence-electron chi connectivity index (χ3n) is 5.63. The molecule has 0 aliphatic carbocycles. The minimum Gasteiger partial charge on any atom is -0.494 e. The number of ether oxygens (including phenoxy) is 1. The molecule has 0 saturated carbocycles. The summed E-state index contributed by atoms with van der Waals surface area (Å²) in [5, 5.41) is 3.59. The van der Waals surface area contributed by atoms with Crippen LogP contribution in [0.5, 0.6) is 5.75 Å². The molecule has 4 rings (SSSR count). The van der Waals surface area contributed by atoms with Crippen LogP contribution in [0, 0.1) is 20.8 Å². The summed E-state index contributed by atoms with van der Waals surface area (Å²) in [5.41, 5.74) is 4.03. The quantitative estimate of drug-likeness (QED) is 0.320. The van der Waals surface area contributed by atoms with Gasteiger partial charge in [0.05, 0.1) is 23.3 Å². The lowest BCUT2D eigenvalue weighted by Crippen LogP contribution is -2.17. The molecule has 0 saturated heterocycles. The van der Waals surface area contributed by atoms with Crippen molar-refractivity contribution in [2.75, 3.05) is 11.8 Å². The van der Waals surface area contributed by atoms with Crippen molar-refractivity contribution in [3.8, 4) is 11.4 Å². The highest BCUT2D eigenvalue weighted by molar-refractivity contribution is 7.92. The maximum atomic E-state index is 13.0. The number of hydrogen-bond donors (Lipinski definition) is 2. The van der Waals surface area contributed by atoms with Gasteiger partial charge in [-0.2, -0.15) is 0 Å². The van der Waals surface area contributed by atoms with Gasteiger partial charge in [0.2, 0.25) is 0 Å². The number of aromatic amines is 1. The molecule has 0 atom stereocenters. The molecule has 1 aromatic heterocycles. The number of hydrogen-bond acceptors (Lipinski definition) is 5. The minimum absolute atomic E-state index is 0.0234. The van der Waals surface area contributed by atoms with E-state index in [4.69, 9.17) is 16.3 Å². The third-order valence-corrected chi connectivity index (χ3v) is 7.41. The first-order chi connectivity index (χ1) is 17.1. The highest BCUT2D eigenvalue weighted by atomic mass is 35.5. The number of benzene rings is 3. The Bertz CT molecular complexity index is 1620. The fourth-order valence-electron chi connectivity index (χ4n) is 3.52. The van der Waals surface area contributed by atoms with Crippen LogP contribution in [0.2, 0.25) is 5.02 Å². The number of nitrogens with one attached hydrogen (secondary N) is 2. The Morgan fingerprint density at radius 2 is 1.75 bits per heavy atom. The Balaban J connectivity index is 1.63. The van der Waals surface area contributed by atoms with Gasteiger partial charge in [-0.05, 0) is 62.7 Å². The lowest BCUT2D eigenvalue weighted by atomic mass is 10.2. The van der Waals surface area contributed by atoms with Crippen molar-refractivity contribution >= 4 is 39.2 Å². The van der Waals surface area contributed by atoms with E-state index in [-0.39, 0.29) is 16.2 Å². The summed E-state index contributed by atoms with van der Waals surface area (Å²) < 4.78 is 35.0. The predicted molar refractivity (Wildman–Crippen MR) is 143 cm³/mol. The number of aryl methyl sites for hydroxylation is 3. The number of H-pyrrole nitrogens is 1. The van der Waals surface area contributed by atoms with Gasteiger partial charge in [0.1, 0.15) is 11.4 Å². The summed E-state index contributed by atoms with van der Waals surface area (Å²) >= 11 is 6.22. The molecule has 8 nitrogen and oxygen atoms in total. The van der Waals surface area contributed by atoms with E-state index < -0.39 is 10.0 Å². The summed E-state index contributed by atoms with van der Waals surface area (Å²) in [6.45, 7) is 5.57. The van der Waals surface area contributed by atoms with Crippen LogP contribution in [-0.2, 0) is 10.0 Å². The van der Waals surface area contributed by atoms with E-state index >= 15 is 0 Å². The Morgan fingerprint density at radius 1 is 1.03 bits per heavy atom. The van der Waals surface area contributed by atoms with Crippen LogP contribution >= 0.6 is 11.6 Å². The molecule has 0 aliphatic heterocycles. The van der Waals surface area contributed by atoms with E-state index in [1.807, 2.05) is 32.0 Å². The Labute approximate surface area is 214 Å². The lowest BCUT2D eigenvalue weighted by molar-refractivity contribution is 0.415. The third kappa shape index (κ3) is 5.22. The molecule has 0 aliphatic rings. The molecule has 186 valence electrons. The van der Waals surface area contributed by atoms with Crippen LogP contribution < -0.4 is 15.0 Å². The SMILES string of the molecule is COc1cc(S(=O)(=O)Nc2ccc(C)cc2)ccc1N=Cc1c(C)[nH]n(-c2ccc(C)c(Cl)c2)c1=O. The number of nitrogens with zero attached hydrogens (tertiary/aromatic N) is 2. The van der Waals surface area contributed by atoms with E-state index in [0.717, 1.165) is 11.1 Å². The average molecular weight is 525 g/mol. The van der Waals surface area contributed by atoms with Crippen LogP contribution in [-0.4, -0.2) is 31.5 Å². The van der Waals surface area contributed by atoms with Crippen molar-refractivity contribution in [3.63, 3.8) is 0 Å². The van der Waals surface area contributed by atoms with Gasteiger partial charge in [-0.3, -0.25) is 19.6 Å². The van der Waals surface area contributed by atoms with Gasteiger partial charge in [0.25, 0.3) is 15.6 Å². The standard InChI is InChI=1S/C26H25ClN4O4S/c1-16-5-8-19(9-6-16)30-36(33,34)21-11-12-24(25(14-21)35-4)28-15-22-18(3)29-31(26(22)32)20-10-7-17(2)23(27)13-20/h5-15,29-30H,1-4H3. The molecular weight excluding hydrogens is 500 g/mol. The molecule has 10 heteroatoms. The second kappa shape index (κ2) is 10.0. The molecule has 0 spiro atoms. The second-order valence-corrected chi connectivity index (χ2v) is 10.4. The maximum Gasteiger partial charge on any atom is 0.280 e. The number of aromatic nitrogens is 2. The van der Waals surface area contributed by atoms with Gasteiger partial charge in [-0.25, -0.2) is 13.1 Å². The molecule has 4 aromatic rings. The molecule has 2 N–H and O–H groups in total. The van der Waals surface area contributed by atoms with Crippen molar-refractivity contribution in [1.29, 1.82) is 0 Å². The van der Waals surface area contributed by atoms with E-state index in [2.05, 4.69) is 14.8 Å². The van der Waals surface area contributed by atoms with Crippen LogP contribution in [0.4, 0.5) is 11.4 Å². The van der Waals surface area contributed by atoms with Gasteiger partial charge in [-0.15, -0.1) is 0 Å². The Kier molecular flexibility index (Phi) is 7.05. The highest BCUT2D eigenvalue weighted by Crippen LogP contribution is 2.31. The molecule has 36 heavy (non-hydrogen) atoms.